The lowest BCUT2D eigenvalue weighted by molar-refractivity contribution is -0.144. The molecule has 124 valence electrons. The van der Waals surface area contributed by atoms with Crippen molar-refractivity contribution in [2.45, 2.75) is 32.2 Å². The number of carbonyl (C=O) groups is 3. The number of likely N-dealkylation sites (tertiary alicyclic amines) is 1. The van der Waals surface area contributed by atoms with Gasteiger partial charge in [0.1, 0.15) is 12.6 Å². The molecule has 0 bridgehead atoms. The van der Waals surface area contributed by atoms with Crippen LogP contribution in [-0.4, -0.2) is 47.0 Å². The van der Waals surface area contributed by atoms with E-state index in [1.54, 1.807) is 6.07 Å². The fourth-order valence-corrected chi connectivity index (χ4v) is 2.61. The number of hydrogen-bond donors (Lipinski definition) is 3. The molecule has 0 saturated carbocycles. The lowest BCUT2D eigenvalue weighted by Gasteiger charge is -2.23. The first-order valence-corrected chi connectivity index (χ1v) is 7.60. The van der Waals surface area contributed by atoms with Crippen molar-refractivity contribution in [3.05, 3.63) is 29.8 Å². The smallest absolute Gasteiger partial charge is 0.323 e. The number of benzene rings is 1. The molecule has 1 fully saturated rings. The number of rotatable bonds is 4. The second-order valence-corrected chi connectivity index (χ2v) is 5.67. The summed E-state index contributed by atoms with van der Waals surface area (Å²) < 4.78 is 0. The van der Waals surface area contributed by atoms with Crippen LogP contribution in [0.1, 0.15) is 24.8 Å². The molecular weight excluding hydrogens is 298 g/mol. The Morgan fingerprint density at radius 3 is 2.83 bits per heavy atom. The zero-order chi connectivity index (χ0) is 16.8. The van der Waals surface area contributed by atoms with Gasteiger partial charge in [-0.25, -0.2) is 4.79 Å². The number of aliphatic carboxylic acids is 1. The van der Waals surface area contributed by atoms with Gasteiger partial charge in [-0.1, -0.05) is 12.1 Å². The minimum atomic E-state index is -1.05. The Kier molecular flexibility index (Phi) is 5.56. The lowest BCUT2D eigenvalue weighted by Crippen LogP contribution is -2.49. The molecule has 0 aromatic heterocycles. The topological polar surface area (TPSA) is 98.7 Å². The van der Waals surface area contributed by atoms with Gasteiger partial charge in [0.2, 0.25) is 5.91 Å². The summed E-state index contributed by atoms with van der Waals surface area (Å²) in [6, 6.07) is 6.18. The van der Waals surface area contributed by atoms with Crippen LogP contribution >= 0.6 is 0 Å². The summed E-state index contributed by atoms with van der Waals surface area (Å²) in [6.07, 6.45) is 2.00. The Bertz CT molecular complexity index is 603. The molecule has 1 saturated heterocycles. The van der Waals surface area contributed by atoms with Crippen LogP contribution in [0.15, 0.2) is 24.3 Å². The Balaban J connectivity index is 1.97. The highest BCUT2D eigenvalue weighted by molar-refractivity contribution is 5.94. The Hall–Kier alpha value is -2.57. The van der Waals surface area contributed by atoms with E-state index in [2.05, 4.69) is 10.6 Å². The first-order valence-electron chi connectivity index (χ1n) is 7.60. The van der Waals surface area contributed by atoms with Crippen LogP contribution < -0.4 is 10.6 Å². The number of anilines is 1. The number of carboxylic acid groups (broad SMARTS) is 1. The number of nitrogens with zero attached hydrogens (tertiary/aromatic N) is 1. The van der Waals surface area contributed by atoms with Gasteiger partial charge in [-0.3, -0.25) is 9.59 Å². The quantitative estimate of drug-likeness (QED) is 0.784. The number of urea groups is 1. The molecule has 1 unspecified atom stereocenters. The fraction of sp³-hybridized carbons (Fsp3) is 0.438. The van der Waals surface area contributed by atoms with Gasteiger partial charge < -0.3 is 20.6 Å². The zero-order valence-corrected chi connectivity index (χ0v) is 13.0. The highest BCUT2D eigenvalue weighted by atomic mass is 16.4. The van der Waals surface area contributed by atoms with E-state index in [1.165, 1.54) is 4.90 Å². The van der Waals surface area contributed by atoms with E-state index < -0.39 is 18.0 Å². The lowest BCUT2D eigenvalue weighted by atomic mass is 10.1. The van der Waals surface area contributed by atoms with E-state index in [9.17, 15) is 14.4 Å². The van der Waals surface area contributed by atoms with E-state index >= 15 is 0 Å². The molecule has 23 heavy (non-hydrogen) atoms. The summed E-state index contributed by atoms with van der Waals surface area (Å²) in [6.45, 7) is 1.99. The van der Waals surface area contributed by atoms with Crippen LogP contribution in [0.4, 0.5) is 10.5 Å². The number of carboxylic acids is 1. The van der Waals surface area contributed by atoms with E-state index in [4.69, 9.17) is 5.11 Å². The maximum absolute atomic E-state index is 12.3. The normalized spacial score (nSPS) is 18.2. The third kappa shape index (κ3) is 4.98. The third-order valence-corrected chi connectivity index (χ3v) is 3.69. The maximum atomic E-state index is 12.3. The van der Waals surface area contributed by atoms with Crippen molar-refractivity contribution in [2.75, 3.05) is 18.4 Å². The average Bonchev–Trinajstić information content (AvgIpc) is 2.62. The highest BCUT2D eigenvalue weighted by Gasteiger charge is 2.29. The van der Waals surface area contributed by atoms with Crippen molar-refractivity contribution in [2.24, 2.45) is 0 Å². The monoisotopic (exact) mass is 319 g/mol. The molecule has 1 aromatic carbocycles. The zero-order valence-electron chi connectivity index (χ0n) is 13.0. The van der Waals surface area contributed by atoms with Gasteiger partial charge in [0, 0.05) is 12.2 Å². The fourth-order valence-electron chi connectivity index (χ4n) is 2.61. The van der Waals surface area contributed by atoms with Crippen LogP contribution in [-0.2, 0) is 9.59 Å². The standard InChI is InChI=1S/C16H21N3O4/c1-11-5-4-6-12(9-11)17-16(23)18-13-7-2-3-8-19(15(13)22)10-14(20)21/h4-6,9,13H,2-3,7-8,10H2,1H3,(H,20,21)(H2,17,18,23). The van der Waals surface area contributed by atoms with E-state index in [0.717, 1.165) is 18.4 Å². The predicted octanol–water partition coefficient (Wildman–Crippen LogP) is 1.58. The van der Waals surface area contributed by atoms with Crippen molar-refractivity contribution in [3.63, 3.8) is 0 Å². The largest absolute Gasteiger partial charge is 0.480 e. The second-order valence-electron chi connectivity index (χ2n) is 5.67. The molecule has 3 amide bonds. The van der Waals surface area contributed by atoms with Gasteiger partial charge in [0.05, 0.1) is 0 Å². The molecule has 1 heterocycles. The van der Waals surface area contributed by atoms with Gasteiger partial charge in [0.15, 0.2) is 0 Å². The Morgan fingerprint density at radius 2 is 2.13 bits per heavy atom. The molecule has 2 rings (SSSR count). The van der Waals surface area contributed by atoms with Gasteiger partial charge in [0.25, 0.3) is 0 Å². The van der Waals surface area contributed by atoms with Crippen LogP contribution in [0.5, 0.6) is 0 Å². The van der Waals surface area contributed by atoms with Crippen molar-refractivity contribution >= 4 is 23.6 Å². The summed E-state index contributed by atoms with van der Waals surface area (Å²) in [7, 11) is 0. The average molecular weight is 319 g/mol. The van der Waals surface area contributed by atoms with Crippen molar-refractivity contribution < 1.29 is 19.5 Å². The van der Waals surface area contributed by atoms with Crippen molar-refractivity contribution in [1.82, 2.24) is 10.2 Å². The van der Waals surface area contributed by atoms with Crippen LogP contribution in [0.3, 0.4) is 0 Å². The second kappa shape index (κ2) is 7.62. The van der Waals surface area contributed by atoms with Gasteiger partial charge in [-0.15, -0.1) is 0 Å². The molecular formula is C16H21N3O4. The van der Waals surface area contributed by atoms with E-state index in [-0.39, 0.29) is 12.5 Å². The van der Waals surface area contributed by atoms with Crippen molar-refractivity contribution in [1.29, 1.82) is 0 Å². The van der Waals surface area contributed by atoms with Gasteiger partial charge in [-0.2, -0.15) is 0 Å². The highest BCUT2D eigenvalue weighted by Crippen LogP contribution is 2.13. The number of aryl methyl sites for hydroxylation is 1. The number of hydrogen-bond acceptors (Lipinski definition) is 3. The first kappa shape index (κ1) is 16.8. The number of carbonyl (C=O) groups excluding carboxylic acids is 2. The number of nitrogens with one attached hydrogen (secondary N) is 2. The minimum Gasteiger partial charge on any atom is -0.480 e. The molecule has 1 aliphatic heterocycles. The minimum absolute atomic E-state index is 0.337. The molecule has 0 spiro atoms. The van der Waals surface area contributed by atoms with E-state index in [1.807, 2.05) is 25.1 Å². The molecule has 0 aliphatic carbocycles. The van der Waals surface area contributed by atoms with Crippen LogP contribution in [0.2, 0.25) is 0 Å². The van der Waals surface area contributed by atoms with Crippen LogP contribution in [0.25, 0.3) is 0 Å². The molecule has 7 heteroatoms. The summed E-state index contributed by atoms with van der Waals surface area (Å²) in [4.78, 5) is 36.5. The molecule has 1 atom stereocenters. The molecule has 7 nitrogen and oxygen atoms in total. The first-order chi connectivity index (χ1) is 11.0. The Labute approximate surface area is 134 Å². The summed E-state index contributed by atoms with van der Waals surface area (Å²) >= 11 is 0. The van der Waals surface area contributed by atoms with E-state index in [0.29, 0.717) is 18.7 Å². The summed E-state index contributed by atoms with van der Waals surface area (Å²) in [5.74, 6) is -1.40. The number of amides is 3. The molecule has 3 N–H and O–H groups in total. The van der Waals surface area contributed by atoms with Gasteiger partial charge in [-0.05, 0) is 43.9 Å². The molecule has 0 radical (unpaired) electrons. The third-order valence-electron chi connectivity index (χ3n) is 3.69. The summed E-state index contributed by atoms with van der Waals surface area (Å²) in [5.41, 5.74) is 1.66. The summed E-state index contributed by atoms with van der Waals surface area (Å²) in [5, 5.41) is 14.2. The Morgan fingerprint density at radius 1 is 1.35 bits per heavy atom. The van der Waals surface area contributed by atoms with Gasteiger partial charge >= 0.3 is 12.0 Å². The molecule has 1 aromatic rings. The van der Waals surface area contributed by atoms with Crippen LogP contribution in [0, 0.1) is 6.92 Å². The maximum Gasteiger partial charge on any atom is 0.323 e. The van der Waals surface area contributed by atoms with Crippen molar-refractivity contribution in [3.8, 4) is 0 Å². The SMILES string of the molecule is Cc1cccc(NC(=O)NC2CCCCN(CC(=O)O)C2=O)c1. The molecule has 1 aliphatic rings. The predicted molar refractivity (Wildman–Crippen MR) is 85.2 cm³/mol.